The Hall–Kier alpha value is -0.0200. The highest BCUT2D eigenvalue weighted by Gasteiger charge is 2.35. The topological polar surface area (TPSA) is 13.1 Å². The highest BCUT2D eigenvalue weighted by molar-refractivity contribution is 7.98. The molecule has 0 unspecified atom stereocenters. The molecule has 0 saturated heterocycles. The van der Waals surface area contributed by atoms with Gasteiger partial charge in [-0.2, -0.15) is 24.4 Å². The van der Waals surface area contributed by atoms with Gasteiger partial charge in [-0.05, 0) is 36.1 Å². The van der Waals surface area contributed by atoms with Crippen LogP contribution in [0.1, 0.15) is 25.0 Å². The molecule has 0 aliphatic heterocycles. The van der Waals surface area contributed by atoms with Crippen molar-refractivity contribution in [1.82, 2.24) is 0 Å². The second-order valence-electron chi connectivity index (χ2n) is 4.08. The third kappa shape index (κ3) is 2.31. The van der Waals surface area contributed by atoms with Gasteiger partial charge in [0.1, 0.15) is 5.76 Å². The van der Waals surface area contributed by atoms with E-state index in [9.17, 15) is 0 Å². The minimum Gasteiger partial charge on any atom is -0.468 e. The van der Waals surface area contributed by atoms with E-state index in [2.05, 4.69) is 12.6 Å². The molecule has 1 saturated carbocycles. The first-order chi connectivity index (χ1) is 6.85. The first-order valence-electron chi connectivity index (χ1n) is 5.06. The van der Waals surface area contributed by atoms with E-state index >= 15 is 0 Å². The molecule has 78 valence electrons. The maximum atomic E-state index is 5.29. The Morgan fingerprint density at radius 2 is 2.36 bits per heavy atom. The number of thiol groups is 1. The number of rotatable bonds is 5. The van der Waals surface area contributed by atoms with E-state index in [1.165, 1.54) is 25.0 Å². The molecule has 1 aromatic rings. The van der Waals surface area contributed by atoms with Crippen molar-refractivity contribution in [2.24, 2.45) is 5.41 Å². The van der Waals surface area contributed by atoms with Crippen LogP contribution in [0, 0.1) is 5.41 Å². The zero-order valence-corrected chi connectivity index (χ0v) is 9.95. The van der Waals surface area contributed by atoms with E-state index in [4.69, 9.17) is 4.42 Å². The Morgan fingerprint density at radius 3 is 2.86 bits per heavy atom. The Bertz CT molecular complexity index is 259. The van der Waals surface area contributed by atoms with Gasteiger partial charge in [-0.1, -0.05) is 6.42 Å². The molecule has 0 spiro atoms. The van der Waals surface area contributed by atoms with Crippen molar-refractivity contribution in [1.29, 1.82) is 0 Å². The molecule has 0 radical (unpaired) electrons. The summed E-state index contributed by atoms with van der Waals surface area (Å²) in [5.41, 5.74) is 0.542. The molecule has 0 amide bonds. The molecule has 0 N–H and O–H groups in total. The van der Waals surface area contributed by atoms with Crippen LogP contribution in [0.5, 0.6) is 0 Å². The van der Waals surface area contributed by atoms with Gasteiger partial charge in [-0.25, -0.2) is 0 Å². The minimum atomic E-state index is 0.542. The summed E-state index contributed by atoms with van der Waals surface area (Å²) in [7, 11) is 0. The average Bonchev–Trinajstić information content (AvgIpc) is 2.62. The fourth-order valence-corrected chi connectivity index (χ4v) is 3.66. The fraction of sp³-hybridized carbons (Fsp3) is 0.636. The maximum Gasteiger partial charge on any atom is 0.113 e. The Kier molecular flexibility index (Phi) is 3.50. The summed E-state index contributed by atoms with van der Waals surface area (Å²) < 4.78 is 5.29. The second-order valence-corrected chi connectivity index (χ2v) is 5.39. The summed E-state index contributed by atoms with van der Waals surface area (Å²) in [4.78, 5) is 0. The molecule has 1 aliphatic carbocycles. The molecule has 2 rings (SSSR count). The maximum absolute atomic E-state index is 5.29. The lowest BCUT2D eigenvalue weighted by Crippen LogP contribution is -2.33. The second kappa shape index (κ2) is 4.67. The molecular formula is C11H16OS2. The van der Waals surface area contributed by atoms with Crippen LogP contribution in [0.4, 0.5) is 0 Å². The zero-order chi connectivity index (χ0) is 9.86. The molecule has 1 aliphatic rings. The summed E-state index contributed by atoms with van der Waals surface area (Å²) in [6.45, 7) is 0. The molecule has 3 heteroatoms. The Balaban J connectivity index is 1.72. The SMILES string of the molecule is SCC1(CSCc2ccco2)CCC1. The van der Waals surface area contributed by atoms with Gasteiger partial charge in [0.2, 0.25) is 0 Å². The van der Waals surface area contributed by atoms with Crippen LogP contribution in [0.3, 0.4) is 0 Å². The van der Waals surface area contributed by atoms with Crippen LogP contribution >= 0.6 is 24.4 Å². The van der Waals surface area contributed by atoms with E-state index in [0.717, 1.165) is 17.3 Å². The lowest BCUT2D eigenvalue weighted by Gasteiger charge is -2.40. The first-order valence-corrected chi connectivity index (χ1v) is 6.84. The van der Waals surface area contributed by atoms with Crippen molar-refractivity contribution in [3.8, 4) is 0 Å². The lowest BCUT2D eigenvalue weighted by atomic mass is 9.72. The quantitative estimate of drug-likeness (QED) is 0.773. The highest BCUT2D eigenvalue weighted by atomic mass is 32.2. The minimum absolute atomic E-state index is 0.542. The van der Waals surface area contributed by atoms with Crippen LogP contribution in [0.15, 0.2) is 22.8 Å². The monoisotopic (exact) mass is 228 g/mol. The molecule has 1 fully saturated rings. The molecular weight excluding hydrogens is 212 g/mol. The van der Waals surface area contributed by atoms with E-state index < -0.39 is 0 Å². The fourth-order valence-electron chi connectivity index (χ4n) is 1.79. The molecule has 1 aromatic heterocycles. The molecule has 0 bridgehead atoms. The van der Waals surface area contributed by atoms with Crippen molar-refractivity contribution in [3.63, 3.8) is 0 Å². The van der Waals surface area contributed by atoms with E-state index in [0.29, 0.717) is 5.41 Å². The van der Waals surface area contributed by atoms with Gasteiger partial charge in [-0.3, -0.25) is 0 Å². The normalized spacial score (nSPS) is 19.2. The average molecular weight is 228 g/mol. The van der Waals surface area contributed by atoms with Gasteiger partial charge in [0.25, 0.3) is 0 Å². The number of thioether (sulfide) groups is 1. The summed E-state index contributed by atoms with van der Waals surface area (Å²) in [6.07, 6.45) is 5.86. The molecule has 1 nitrogen and oxygen atoms in total. The predicted octanol–water partition coefficient (Wildman–Crippen LogP) is 3.61. The van der Waals surface area contributed by atoms with E-state index in [1.54, 1.807) is 6.26 Å². The number of hydrogen-bond donors (Lipinski definition) is 1. The largest absolute Gasteiger partial charge is 0.468 e. The highest BCUT2D eigenvalue weighted by Crippen LogP contribution is 2.44. The van der Waals surface area contributed by atoms with E-state index in [1.807, 2.05) is 23.9 Å². The van der Waals surface area contributed by atoms with Gasteiger partial charge in [0, 0.05) is 5.75 Å². The summed E-state index contributed by atoms with van der Waals surface area (Å²) in [6, 6.07) is 3.99. The van der Waals surface area contributed by atoms with Crippen LogP contribution in [-0.2, 0) is 5.75 Å². The van der Waals surface area contributed by atoms with Crippen molar-refractivity contribution in [2.75, 3.05) is 11.5 Å². The molecule has 1 heterocycles. The van der Waals surface area contributed by atoms with Crippen LogP contribution in [-0.4, -0.2) is 11.5 Å². The van der Waals surface area contributed by atoms with Gasteiger partial charge in [0.05, 0.1) is 12.0 Å². The summed E-state index contributed by atoms with van der Waals surface area (Å²) >= 11 is 6.42. The lowest BCUT2D eigenvalue weighted by molar-refractivity contribution is 0.205. The Labute approximate surface area is 95.1 Å². The predicted molar refractivity (Wildman–Crippen MR) is 65.0 cm³/mol. The van der Waals surface area contributed by atoms with Crippen LogP contribution in [0.25, 0.3) is 0 Å². The smallest absolute Gasteiger partial charge is 0.113 e. The Morgan fingerprint density at radius 1 is 1.50 bits per heavy atom. The van der Waals surface area contributed by atoms with Crippen molar-refractivity contribution in [2.45, 2.75) is 25.0 Å². The van der Waals surface area contributed by atoms with E-state index in [-0.39, 0.29) is 0 Å². The third-order valence-corrected chi connectivity index (χ3v) is 4.96. The van der Waals surface area contributed by atoms with Crippen LogP contribution < -0.4 is 0 Å². The van der Waals surface area contributed by atoms with Gasteiger partial charge in [-0.15, -0.1) is 0 Å². The molecule has 0 aromatic carbocycles. The van der Waals surface area contributed by atoms with Gasteiger partial charge < -0.3 is 4.42 Å². The van der Waals surface area contributed by atoms with Gasteiger partial charge >= 0.3 is 0 Å². The third-order valence-electron chi connectivity index (χ3n) is 2.98. The van der Waals surface area contributed by atoms with Gasteiger partial charge in [0.15, 0.2) is 0 Å². The first kappa shape index (κ1) is 10.5. The van der Waals surface area contributed by atoms with Crippen LogP contribution in [0.2, 0.25) is 0 Å². The summed E-state index contributed by atoms with van der Waals surface area (Å²) in [5, 5.41) is 0. The number of hydrogen-bond acceptors (Lipinski definition) is 3. The van der Waals surface area contributed by atoms with Crippen molar-refractivity contribution >= 4 is 24.4 Å². The van der Waals surface area contributed by atoms with Crippen molar-refractivity contribution < 1.29 is 4.42 Å². The van der Waals surface area contributed by atoms with Crippen molar-refractivity contribution in [3.05, 3.63) is 24.2 Å². The molecule has 0 atom stereocenters. The zero-order valence-electron chi connectivity index (χ0n) is 8.24. The summed E-state index contributed by atoms with van der Waals surface area (Å²) in [5.74, 6) is 4.36. The molecule has 14 heavy (non-hydrogen) atoms. The number of furan rings is 1. The standard InChI is InChI=1S/C11H16OS2/c13-8-11(4-2-5-11)9-14-7-10-3-1-6-12-10/h1,3,6,13H,2,4-5,7-9H2.